The van der Waals surface area contributed by atoms with Crippen LogP contribution in [0.4, 0.5) is 0 Å². The molecule has 1 aromatic rings. The van der Waals surface area contributed by atoms with Crippen LogP contribution in [0.15, 0.2) is 29.2 Å². The van der Waals surface area contributed by atoms with Gasteiger partial charge in [-0.25, -0.2) is 13.1 Å². The molecule has 158 valence electrons. The first-order valence-electron chi connectivity index (χ1n) is 9.39. The summed E-state index contributed by atoms with van der Waals surface area (Å²) in [5.74, 6) is -0.736. The highest BCUT2D eigenvalue weighted by atomic mass is 32.2. The number of carboxylic acids is 1. The van der Waals surface area contributed by atoms with Gasteiger partial charge in [0.15, 0.2) is 6.29 Å². The molecular formula is C19H30N2O6S. The van der Waals surface area contributed by atoms with Crippen molar-refractivity contribution >= 4 is 16.0 Å². The van der Waals surface area contributed by atoms with Crippen LogP contribution in [0.5, 0.6) is 0 Å². The lowest BCUT2D eigenvalue weighted by Gasteiger charge is -2.22. The van der Waals surface area contributed by atoms with E-state index in [2.05, 4.69) is 10.0 Å². The summed E-state index contributed by atoms with van der Waals surface area (Å²) >= 11 is 0. The molecule has 2 unspecified atom stereocenters. The van der Waals surface area contributed by atoms with Crippen LogP contribution in [0.25, 0.3) is 0 Å². The van der Waals surface area contributed by atoms with Gasteiger partial charge in [-0.1, -0.05) is 32.9 Å². The minimum Gasteiger partial charge on any atom is -0.480 e. The second-order valence-electron chi connectivity index (χ2n) is 7.55. The number of sulfonamides is 1. The fourth-order valence-corrected chi connectivity index (χ4v) is 4.38. The standard InChI is InChI=1S/C19H30N2O6S/c1-12(2)10-21-28(24,25)15-7-5-6-14(9-15)11-26-16-8-13(3)18(27-16)17(20-4)19(22)23/h5-7,9,12-13,16-18,20-21H,8,10-11H2,1-4H3,(H,22,23)/t13-,16?,17?,18-/m1/s1. The third kappa shape index (κ3) is 5.99. The molecule has 0 aliphatic carbocycles. The van der Waals surface area contributed by atoms with E-state index in [1.165, 1.54) is 0 Å². The number of carboxylic acid groups (broad SMARTS) is 1. The number of nitrogens with one attached hydrogen (secondary N) is 2. The highest BCUT2D eigenvalue weighted by Crippen LogP contribution is 2.30. The topological polar surface area (TPSA) is 114 Å². The van der Waals surface area contributed by atoms with Gasteiger partial charge in [-0.15, -0.1) is 0 Å². The van der Waals surface area contributed by atoms with E-state index < -0.39 is 34.4 Å². The zero-order chi connectivity index (χ0) is 20.9. The van der Waals surface area contributed by atoms with E-state index in [9.17, 15) is 18.3 Å². The third-order valence-electron chi connectivity index (χ3n) is 4.67. The number of rotatable bonds is 10. The molecule has 3 N–H and O–H groups in total. The van der Waals surface area contributed by atoms with Gasteiger partial charge in [0.2, 0.25) is 10.0 Å². The lowest BCUT2D eigenvalue weighted by molar-refractivity contribution is -0.160. The van der Waals surface area contributed by atoms with Gasteiger partial charge in [-0.05, 0) is 36.6 Å². The molecule has 0 bridgehead atoms. The van der Waals surface area contributed by atoms with Crippen LogP contribution in [-0.2, 0) is 30.9 Å². The molecule has 0 spiro atoms. The van der Waals surface area contributed by atoms with Crippen molar-refractivity contribution in [1.82, 2.24) is 10.0 Å². The molecule has 9 heteroatoms. The van der Waals surface area contributed by atoms with E-state index >= 15 is 0 Å². The van der Waals surface area contributed by atoms with E-state index in [1.807, 2.05) is 20.8 Å². The first kappa shape index (κ1) is 22.8. The number of hydrogen-bond acceptors (Lipinski definition) is 6. The third-order valence-corrected chi connectivity index (χ3v) is 6.09. The van der Waals surface area contributed by atoms with Crippen LogP contribution in [-0.4, -0.2) is 51.5 Å². The lowest BCUT2D eigenvalue weighted by atomic mass is 9.97. The molecule has 0 aromatic heterocycles. The Morgan fingerprint density at radius 3 is 2.71 bits per heavy atom. The fraction of sp³-hybridized carbons (Fsp3) is 0.632. The maximum absolute atomic E-state index is 12.4. The fourth-order valence-electron chi connectivity index (χ4n) is 3.10. The van der Waals surface area contributed by atoms with Crippen LogP contribution in [0, 0.1) is 11.8 Å². The van der Waals surface area contributed by atoms with Gasteiger partial charge in [0.1, 0.15) is 6.04 Å². The number of benzene rings is 1. The van der Waals surface area contributed by atoms with Gasteiger partial charge in [-0.2, -0.15) is 0 Å². The molecule has 1 aromatic carbocycles. The largest absolute Gasteiger partial charge is 0.480 e. The Bertz CT molecular complexity index is 767. The van der Waals surface area contributed by atoms with Crippen LogP contribution >= 0.6 is 0 Å². The molecule has 28 heavy (non-hydrogen) atoms. The van der Waals surface area contributed by atoms with Crippen LogP contribution in [0.2, 0.25) is 0 Å². The zero-order valence-electron chi connectivity index (χ0n) is 16.7. The Balaban J connectivity index is 1.98. The van der Waals surface area contributed by atoms with Crippen molar-refractivity contribution in [3.8, 4) is 0 Å². The van der Waals surface area contributed by atoms with Crippen molar-refractivity contribution in [2.24, 2.45) is 11.8 Å². The number of aliphatic carboxylic acids is 1. The number of likely N-dealkylation sites (N-methyl/N-ethyl adjacent to an activating group) is 1. The van der Waals surface area contributed by atoms with Crippen molar-refractivity contribution in [3.05, 3.63) is 29.8 Å². The highest BCUT2D eigenvalue weighted by molar-refractivity contribution is 7.89. The second-order valence-corrected chi connectivity index (χ2v) is 9.32. The molecule has 2 rings (SSSR count). The van der Waals surface area contributed by atoms with Gasteiger partial charge >= 0.3 is 5.97 Å². The number of hydrogen-bond donors (Lipinski definition) is 3. The smallest absolute Gasteiger partial charge is 0.323 e. The number of carbonyl (C=O) groups is 1. The second kappa shape index (κ2) is 9.80. The summed E-state index contributed by atoms with van der Waals surface area (Å²) in [4.78, 5) is 11.5. The molecule has 1 fully saturated rings. The molecular weight excluding hydrogens is 384 g/mol. The zero-order valence-corrected chi connectivity index (χ0v) is 17.5. The first-order valence-corrected chi connectivity index (χ1v) is 10.9. The monoisotopic (exact) mass is 414 g/mol. The predicted octanol–water partition coefficient (Wildman–Crippen LogP) is 1.56. The molecule has 1 aliphatic heterocycles. The molecule has 0 saturated carbocycles. The van der Waals surface area contributed by atoms with E-state index in [1.54, 1.807) is 31.3 Å². The summed E-state index contributed by atoms with van der Waals surface area (Å²) in [7, 11) is -1.98. The van der Waals surface area contributed by atoms with Crippen molar-refractivity contribution in [2.75, 3.05) is 13.6 Å². The highest BCUT2D eigenvalue weighted by Gasteiger charge is 2.40. The van der Waals surface area contributed by atoms with E-state index in [4.69, 9.17) is 9.47 Å². The van der Waals surface area contributed by atoms with Crippen molar-refractivity contribution in [2.45, 2.75) is 57.1 Å². The Morgan fingerprint density at radius 1 is 1.39 bits per heavy atom. The van der Waals surface area contributed by atoms with Crippen LogP contribution in [0.3, 0.4) is 0 Å². The van der Waals surface area contributed by atoms with E-state index in [0.29, 0.717) is 18.5 Å². The Morgan fingerprint density at radius 2 is 2.11 bits per heavy atom. The Labute approximate surface area is 166 Å². The van der Waals surface area contributed by atoms with E-state index in [0.717, 1.165) is 0 Å². The molecule has 8 nitrogen and oxygen atoms in total. The minimum absolute atomic E-state index is 0.0190. The summed E-state index contributed by atoms with van der Waals surface area (Å²) < 4.78 is 38.9. The maximum atomic E-state index is 12.4. The average molecular weight is 415 g/mol. The van der Waals surface area contributed by atoms with Gasteiger partial charge in [0.05, 0.1) is 17.6 Å². The van der Waals surface area contributed by atoms with Crippen LogP contribution < -0.4 is 10.0 Å². The summed E-state index contributed by atoms with van der Waals surface area (Å²) in [5, 5.41) is 12.0. The number of ether oxygens (including phenoxy) is 2. The Hall–Kier alpha value is -1.52. The van der Waals surface area contributed by atoms with Gasteiger partial charge in [-0.3, -0.25) is 4.79 Å². The van der Waals surface area contributed by atoms with Crippen LogP contribution in [0.1, 0.15) is 32.8 Å². The lowest BCUT2D eigenvalue weighted by Crippen LogP contribution is -2.46. The van der Waals surface area contributed by atoms with Crippen molar-refractivity contribution in [3.63, 3.8) is 0 Å². The molecule has 0 amide bonds. The summed E-state index contributed by atoms with van der Waals surface area (Å²) in [6.07, 6.45) is -0.446. The molecule has 4 atom stereocenters. The van der Waals surface area contributed by atoms with Gasteiger partial charge in [0, 0.05) is 13.0 Å². The summed E-state index contributed by atoms with van der Waals surface area (Å²) in [6.45, 7) is 6.34. The maximum Gasteiger partial charge on any atom is 0.323 e. The minimum atomic E-state index is -3.57. The summed E-state index contributed by atoms with van der Waals surface area (Å²) in [5.41, 5.74) is 0.704. The molecule has 1 heterocycles. The normalized spacial score (nSPS) is 23.8. The van der Waals surface area contributed by atoms with Crippen molar-refractivity contribution in [1.29, 1.82) is 0 Å². The Kier molecular flexibility index (Phi) is 7.97. The average Bonchev–Trinajstić information content (AvgIpc) is 2.99. The SMILES string of the molecule is CNC(C(=O)O)[C@@H]1OC(OCc2cccc(S(=O)(=O)NCC(C)C)c2)C[C@H]1C. The van der Waals surface area contributed by atoms with Gasteiger partial charge in [0.25, 0.3) is 0 Å². The predicted molar refractivity (Wildman–Crippen MR) is 104 cm³/mol. The summed E-state index contributed by atoms with van der Waals surface area (Å²) in [6, 6.07) is 5.77. The van der Waals surface area contributed by atoms with Gasteiger partial charge < -0.3 is 19.9 Å². The molecule has 1 saturated heterocycles. The quantitative estimate of drug-likeness (QED) is 0.532. The first-order chi connectivity index (χ1) is 13.1. The molecule has 1 aliphatic rings. The molecule has 0 radical (unpaired) electrons. The van der Waals surface area contributed by atoms with Crippen molar-refractivity contribution < 1.29 is 27.8 Å². The van der Waals surface area contributed by atoms with E-state index in [-0.39, 0.29) is 23.3 Å².